The van der Waals surface area contributed by atoms with Crippen LogP contribution >= 0.6 is 0 Å². The van der Waals surface area contributed by atoms with Crippen molar-refractivity contribution in [1.82, 2.24) is 20.3 Å². The maximum atomic E-state index is 13.4. The summed E-state index contributed by atoms with van der Waals surface area (Å²) in [5, 5.41) is 9.78. The molecule has 0 aliphatic carbocycles. The minimum atomic E-state index is -0.954. The lowest BCUT2D eigenvalue weighted by molar-refractivity contribution is 0.0948. The zero-order valence-electron chi connectivity index (χ0n) is 9.81. The number of nitrogens with two attached hydrogens (primary N) is 1. The largest absolute Gasteiger partial charge is 0.396 e. The van der Waals surface area contributed by atoms with Crippen molar-refractivity contribution >= 4 is 11.6 Å². The van der Waals surface area contributed by atoms with Gasteiger partial charge in [-0.15, -0.1) is 5.10 Å². The molecular formula is C11H11F2N5O. The van der Waals surface area contributed by atoms with Crippen molar-refractivity contribution in [2.45, 2.75) is 6.54 Å². The lowest BCUT2D eigenvalue weighted by Crippen LogP contribution is -2.28. The molecule has 19 heavy (non-hydrogen) atoms. The van der Waals surface area contributed by atoms with Crippen molar-refractivity contribution in [3.05, 3.63) is 41.7 Å². The zero-order valence-corrected chi connectivity index (χ0v) is 9.81. The maximum absolute atomic E-state index is 13.4. The predicted octanol–water partition coefficient (Wildman–Crippen LogP) is 0.568. The number of nitrogens with zero attached hydrogens (tertiary/aromatic N) is 3. The van der Waals surface area contributed by atoms with Crippen LogP contribution in [-0.4, -0.2) is 27.4 Å². The molecule has 0 spiro atoms. The molecule has 8 heteroatoms. The Labute approximate surface area is 107 Å². The molecule has 1 heterocycles. The van der Waals surface area contributed by atoms with Gasteiger partial charge in [-0.1, -0.05) is 5.21 Å². The quantitative estimate of drug-likeness (QED) is 0.793. The third kappa shape index (κ3) is 3.03. The molecule has 0 aliphatic rings. The summed E-state index contributed by atoms with van der Waals surface area (Å²) in [5.41, 5.74) is 4.72. The van der Waals surface area contributed by atoms with Gasteiger partial charge in [-0.3, -0.25) is 9.48 Å². The number of aromatic nitrogens is 3. The van der Waals surface area contributed by atoms with Crippen molar-refractivity contribution in [1.29, 1.82) is 0 Å². The van der Waals surface area contributed by atoms with E-state index in [0.717, 1.165) is 6.07 Å². The highest BCUT2D eigenvalue weighted by atomic mass is 19.1. The number of anilines is 1. The Bertz CT molecular complexity index is 585. The topological polar surface area (TPSA) is 85.8 Å². The maximum Gasteiger partial charge on any atom is 0.254 e. The first-order valence-electron chi connectivity index (χ1n) is 5.44. The fraction of sp³-hybridized carbons (Fsp3) is 0.182. The molecule has 1 aromatic carbocycles. The molecular weight excluding hydrogens is 256 g/mol. The monoisotopic (exact) mass is 267 g/mol. The molecule has 100 valence electrons. The van der Waals surface area contributed by atoms with E-state index in [0.29, 0.717) is 12.6 Å². The normalized spacial score (nSPS) is 10.4. The molecule has 2 aromatic rings. The number of nitrogen functional groups attached to an aromatic ring is 1. The summed E-state index contributed by atoms with van der Waals surface area (Å²) < 4.78 is 27.9. The second-order valence-corrected chi connectivity index (χ2v) is 3.78. The summed E-state index contributed by atoms with van der Waals surface area (Å²) in [5.74, 6) is -2.51. The molecule has 0 unspecified atom stereocenters. The highest BCUT2D eigenvalue weighted by molar-refractivity contribution is 5.95. The molecule has 3 N–H and O–H groups in total. The highest BCUT2D eigenvalue weighted by Crippen LogP contribution is 2.16. The number of amides is 1. The lowest BCUT2D eigenvalue weighted by atomic mass is 10.1. The van der Waals surface area contributed by atoms with Crippen LogP contribution in [0.3, 0.4) is 0 Å². The van der Waals surface area contributed by atoms with Crippen LogP contribution in [0.15, 0.2) is 24.5 Å². The van der Waals surface area contributed by atoms with Crippen molar-refractivity contribution in [3.8, 4) is 0 Å². The van der Waals surface area contributed by atoms with Gasteiger partial charge in [0.25, 0.3) is 5.91 Å². The summed E-state index contributed by atoms with van der Waals surface area (Å²) in [6.45, 7) is 0.628. The molecule has 0 saturated carbocycles. The number of halogens is 2. The Morgan fingerprint density at radius 2 is 2.16 bits per heavy atom. The van der Waals surface area contributed by atoms with E-state index in [-0.39, 0.29) is 17.8 Å². The standard InChI is InChI=1S/C11H11F2N5O/c12-8-6-9(13)10(14)5-7(8)11(19)15-1-3-18-4-2-16-17-18/h2,4-6H,1,3,14H2,(H,15,19). The molecule has 0 radical (unpaired) electrons. The SMILES string of the molecule is Nc1cc(C(=O)NCCn2ccnn2)c(F)cc1F. The van der Waals surface area contributed by atoms with E-state index in [1.54, 1.807) is 6.20 Å². The third-order valence-corrected chi connectivity index (χ3v) is 2.43. The van der Waals surface area contributed by atoms with E-state index in [2.05, 4.69) is 15.6 Å². The van der Waals surface area contributed by atoms with Crippen molar-refractivity contribution in [2.75, 3.05) is 12.3 Å². The highest BCUT2D eigenvalue weighted by Gasteiger charge is 2.14. The van der Waals surface area contributed by atoms with Crippen molar-refractivity contribution in [2.24, 2.45) is 0 Å². The Balaban J connectivity index is 1.98. The van der Waals surface area contributed by atoms with Gasteiger partial charge in [-0.25, -0.2) is 8.78 Å². The van der Waals surface area contributed by atoms with Crippen LogP contribution in [0.1, 0.15) is 10.4 Å². The Morgan fingerprint density at radius 3 is 2.84 bits per heavy atom. The molecule has 0 bridgehead atoms. The summed E-state index contributed by atoms with van der Waals surface area (Å²) >= 11 is 0. The number of carbonyl (C=O) groups excluding carboxylic acids is 1. The molecule has 1 amide bonds. The van der Waals surface area contributed by atoms with Crippen LogP contribution in [-0.2, 0) is 6.54 Å². The van der Waals surface area contributed by atoms with Crippen LogP contribution < -0.4 is 11.1 Å². The Kier molecular flexibility index (Phi) is 3.69. The average Bonchev–Trinajstić information content (AvgIpc) is 2.86. The minimum Gasteiger partial charge on any atom is -0.396 e. The zero-order chi connectivity index (χ0) is 13.8. The molecule has 0 saturated heterocycles. The van der Waals surface area contributed by atoms with Crippen LogP contribution in [0.25, 0.3) is 0 Å². The van der Waals surface area contributed by atoms with E-state index in [4.69, 9.17) is 5.73 Å². The molecule has 0 aliphatic heterocycles. The second kappa shape index (κ2) is 5.42. The summed E-state index contributed by atoms with van der Waals surface area (Å²) in [6.07, 6.45) is 3.13. The Morgan fingerprint density at radius 1 is 1.37 bits per heavy atom. The van der Waals surface area contributed by atoms with Crippen LogP contribution in [0, 0.1) is 11.6 Å². The first kappa shape index (κ1) is 12.9. The molecule has 6 nitrogen and oxygen atoms in total. The number of benzene rings is 1. The van der Waals surface area contributed by atoms with Crippen LogP contribution in [0.4, 0.5) is 14.5 Å². The minimum absolute atomic E-state index is 0.235. The molecule has 1 aromatic heterocycles. The van der Waals surface area contributed by atoms with Gasteiger partial charge in [0.1, 0.15) is 11.6 Å². The average molecular weight is 267 g/mol. The second-order valence-electron chi connectivity index (χ2n) is 3.78. The van der Waals surface area contributed by atoms with Crippen molar-refractivity contribution < 1.29 is 13.6 Å². The fourth-order valence-electron chi connectivity index (χ4n) is 1.47. The number of rotatable bonds is 4. The van der Waals surface area contributed by atoms with Gasteiger partial charge in [0.2, 0.25) is 0 Å². The molecule has 0 atom stereocenters. The van der Waals surface area contributed by atoms with Crippen molar-refractivity contribution in [3.63, 3.8) is 0 Å². The van der Waals surface area contributed by atoms with Gasteiger partial charge in [0.15, 0.2) is 0 Å². The van der Waals surface area contributed by atoms with E-state index < -0.39 is 17.5 Å². The number of carbonyl (C=O) groups is 1. The smallest absolute Gasteiger partial charge is 0.254 e. The van der Waals surface area contributed by atoms with Crippen LogP contribution in [0.5, 0.6) is 0 Å². The van der Waals surface area contributed by atoms with E-state index >= 15 is 0 Å². The number of nitrogens with one attached hydrogen (secondary N) is 1. The lowest BCUT2D eigenvalue weighted by Gasteiger charge is -2.07. The van der Waals surface area contributed by atoms with Gasteiger partial charge >= 0.3 is 0 Å². The number of hydrogen-bond donors (Lipinski definition) is 2. The molecule has 2 rings (SSSR count). The number of hydrogen-bond acceptors (Lipinski definition) is 4. The van der Waals surface area contributed by atoms with Gasteiger partial charge in [-0.05, 0) is 6.07 Å². The van der Waals surface area contributed by atoms with E-state index in [1.165, 1.54) is 10.9 Å². The fourth-order valence-corrected chi connectivity index (χ4v) is 1.47. The van der Waals surface area contributed by atoms with Gasteiger partial charge < -0.3 is 11.1 Å². The summed E-state index contributed by atoms with van der Waals surface area (Å²) in [7, 11) is 0. The van der Waals surface area contributed by atoms with E-state index in [9.17, 15) is 13.6 Å². The summed E-state index contributed by atoms with van der Waals surface area (Å²) in [6, 6.07) is 1.55. The van der Waals surface area contributed by atoms with Crippen LogP contribution in [0.2, 0.25) is 0 Å². The van der Waals surface area contributed by atoms with Gasteiger partial charge in [-0.2, -0.15) is 0 Å². The van der Waals surface area contributed by atoms with Gasteiger partial charge in [0.05, 0.1) is 24.0 Å². The van der Waals surface area contributed by atoms with E-state index in [1.807, 2.05) is 0 Å². The predicted molar refractivity (Wildman–Crippen MR) is 63.1 cm³/mol. The summed E-state index contributed by atoms with van der Waals surface area (Å²) in [4.78, 5) is 11.7. The first-order chi connectivity index (χ1) is 9.08. The third-order valence-electron chi connectivity index (χ3n) is 2.43. The Hall–Kier alpha value is -2.51. The molecule has 0 fully saturated rings. The van der Waals surface area contributed by atoms with Gasteiger partial charge in [0, 0.05) is 18.8 Å². The first-order valence-corrected chi connectivity index (χ1v) is 5.44.